The van der Waals surface area contributed by atoms with E-state index in [1.807, 2.05) is 11.8 Å². The molecule has 2 unspecified atom stereocenters. The van der Waals surface area contributed by atoms with Gasteiger partial charge in [0.1, 0.15) is 0 Å². The van der Waals surface area contributed by atoms with Gasteiger partial charge in [-0.25, -0.2) is 0 Å². The molecule has 0 aromatic carbocycles. The Bertz CT molecular complexity index is 162. The molecular formula is C12H27NOS. The van der Waals surface area contributed by atoms with Crippen molar-refractivity contribution in [2.24, 2.45) is 0 Å². The Labute approximate surface area is 99.5 Å². The van der Waals surface area contributed by atoms with Gasteiger partial charge in [0.15, 0.2) is 0 Å². The van der Waals surface area contributed by atoms with Crippen LogP contribution in [0.1, 0.15) is 40.5 Å². The quantitative estimate of drug-likeness (QED) is 0.696. The lowest BCUT2D eigenvalue weighted by molar-refractivity contribution is 0.00786. The summed E-state index contributed by atoms with van der Waals surface area (Å²) in [5.74, 6) is 1.19. The zero-order chi connectivity index (χ0) is 11.9. The van der Waals surface area contributed by atoms with Crippen LogP contribution in [0.2, 0.25) is 0 Å². The fourth-order valence-corrected chi connectivity index (χ4v) is 2.50. The first-order valence-corrected chi connectivity index (χ1v) is 7.14. The molecule has 0 heterocycles. The van der Waals surface area contributed by atoms with Gasteiger partial charge in [0.25, 0.3) is 0 Å². The molecule has 0 saturated carbocycles. The van der Waals surface area contributed by atoms with Gasteiger partial charge >= 0.3 is 0 Å². The molecule has 92 valence electrons. The molecule has 0 aromatic heterocycles. The van der Waals surface area contributed by atoms with E-state index in [0.29, 0.717) is 12.1 Å². The third kappa shape index (κ3) is 7.20. The summed E-state index contributed by atoms with van der Waals surface area (Å²) in [7, 11) is 1.78. The molecule has 0 rings (SSSR count). The number of rotatable bonds is 8. The van der Waals surface area contributed by atoms with Crippen LogP contribution in [0.4, 0.5) is 0 Å². The van der Waals surface area contributed by atoms with Crippen LogP contribution in [0.25, 0.3) is 0 Å². The van der Waals surface area contributed by atoms with Crippen molar-refractivity contribution < 1.29 is 4.74 Å². The lowest BCUT2D eigenvalue weighted by Crippen LogP contribution is -2.42. The topological polar surface area (TPSA) is 21.3 Å². The maximum absolute atomic E-state index is 5.44. The zero-order valence-corrected chi connectivity index (χ0v) is 11.9. The Morgan fingerprint density at radius 3 is 2.40 bits per heavy atom. The van der Waals surface area contributed by atoms with E-state index in [1.54, 1.807) is 7.11 Å². The minimum Gasteiger partial charge on any atom is -0.379 e. The lowest BCUT2D eigenvalue weighted by Gasteiger charge is -2.29. The van der Waals surface area contributed by atoms with E-state index < -0.39 is 0 Å². The fourth-order valence-electron chi connectivity index (χ4n) is 1.77. The van der Waals surface area contributed by atoms with Crippen molar-refractivity contribution in [2.45, 2.75) is 58.2 Å². The average molecular weight is 233 g/mol. The summed E-state index contributed by atoms with van der Waals surface area (Å²) in [6.07, 6.45) is 4.40. The van der Waals surface area contributed by atoms with Crippen LogP contribution < -0.4 is 5.32 Å². The highest BCUT2D eigenvalue weighted by Gasteiger charge is 2.21. The first-order chi connectivity index (χ1) is 6.95. The number of ether oxygens (including phenoxy) is 1. The summed E-state index contributed by atoms with van der Waals surface area (Å²) < 4.78 is 5.44. The van der Waals surface area contributed by atoms with Crippen molar-refractivity contribution in [3.8, 4) is 0 Å². The summed E-state index contributed by atoms with van der Waals surface area (Å²) >= 11 is 1.91. The molecule has 0 amide bonds. The lowest BCUT2D eigenvalue weighted by atomic mass is 9.99. The van der Waals surface area contributed by atoms with Crippen molar-refractivity contribution in [1.82, 2.24) is 5.32 Å². The maximum Gasteiger partial charge on any atom is 0.0637 e. The number of hydrogen-bond donors (Lipinski definition) is 1. The smallest absolute Gasteiger partial charge is 0.0637 e. The molecule has 0 aromatic rings. The molecule has 0 radical (unpaired) electrons. The number of hydrogen-bond acceptors (Lipinski definition) is 3. The molecule has 0 aliphatic carbocycles. The molecule has 2 nitrogen and oxygen atoms in total. The highest BCUT2D eigenvalue weighted by Crippen LogP contribution is 2.16. The third-order valence-corrected chi connectivity index (χ3v) is 3.47. The molecule has 0 fully saturated rings. The van der Waals surface area contributed by atoms with E-state index in [2.05, 4.69) is 39.3 Å². The van der Waals surface area contributed by atoms with Gasteiger partial charge in [-0.2, -0.15) is 11.8 Å². The maximum atomic E-state index is 5.44. The van der Waals surface area contributed by atoms with E-state index in [-0.39, 0.29) is 5.60 Å². The summed E-state index contributed by atoms with van der Waals surface area (Å²) in [6.45, 7) is 8.76. The molecule has 1 N–H and O–H groups in total. The van der Waals surface area contributed by atoms with Gasteiger partial charge in [0, 0.05) is 24.9 Å². The van der Waals surface area contributed by atoms with Gasteiger partial charge in [-0.3, -0.25) is 0 Å². The van der Waals surface area contributed by atoms with Gasteiger partial charge in [-0.1, -0.05) is 6.92 Å². The van der Waals surface area contributed by atoms with Crippen molar-refractivity contribution in [3.05, 3.63) is 0 Å². The van der Waals surface area contributed by atoms with E-state index in [9.17, 15) is 0 Å². The summed E-state index contributed by atoms with van der Waals surface area (Å²) in [5, 5.41) is 3.66. The monoisotopic (exact) mass is 233 g/mol. The Kier molecular flexibility index (Phi) is 7.66. The average Bonchev–Trinajstić information content (AvgIpc) is 2.16. The largest absolute Gasteiger partial charge is 0.379 e. The molecule has 3 heteroatoms. The van der Waals surface area contributed by atoms with Crippen LogP contribution in [0, 0.1) is 0 Å². The standard InChI is InChI=1S/C12H27NOS/c1-7-11(9-15-6)13-10(2)8-12(3,4)14-5/h10-11,13H,7-9H2,1-6H3. The van der Waals surface area contributed by atoms with Crippen LogP contribution in [-0.2, 0) is 4.74 Å². The van der Waals surface area contributed by atoms with Gasteiger partial charge in [-0.15, -0.1) is 0 Å². The molecule has 0 aliphatic heterocycles. The van der Waals surface area contributed by atoms with Crippen molar-refractivity contribution in [3.63, 3.8) is 0 Å². The Balaban J connectivity index is 3.94. The summed E-state index contributed by atoms with van der Waals surface area (Å²) in [4.78, 5) is 0. The second-order valence-corrected chi connectivity index (χ2v) is 5.71. The van der Waals surface area contributed by atoms with E-state index >= 15 is 0 Å². The molecule has 0 bridgehead atoms. The van der Waals surface area contributed by atoms with Crippen LogP contribution in [0.15, 0.2) is 0 Å². The number of nitrogens with one attached hydrogen (secondary N) is 1. The van der Waals surface area contributed by atoms with Crippen molar-refractivity contribution in [2.75, 3.05) is 19.1 Å². The van der Waals surface area contributed by atoms with Crippen LogP contribution in [-0.4, -0.2) is 36.8 Å². The van der Waals surface area contributed by atoms with E-state index in [4.69, 9.17) is 4.74 Å². The van der Waals surface area contributed by atoms with Crippen molar-refractivity contribution >= 4 is 11.8 Å². The third-order valence-electron chi connectivity index (χ3n) is 2.73. The van der Waals surface area contributed by atoms with Gasteiger partial charge in [0.05, 0.1) is 5.60 Å². The van der Waals surface area contributed by atoms with Crippen LogP contribution in [0.3, 0.4) is 0 Å². The normalized spacial score (nSPS) is 16.4. The zero-order valence-electron chi connectivity index (χ0n) is 11.1. The van der Waals surface area contributed by atoms with Gasteiger partial charge in [0.2, 0.25) is 0 Å². The second kappa shape index (κ2) is 7.53. The summed E-state index contributed by atoms with van der Waals surface area (Å²) in [6, 6.07) is 1.14. The Morgan fingerprint density at radius 1 is 1.40 bits per heavy atom. The predicted octanol–water partition coefficient (Wildman–Crippen LogP) is 2.92. The number of methoxy groups -OCH3 is 1. The minimum absolute atomic E-state index is 0.0237. The first kappa shape index (κ1) is 15.3. The minimum atomic E-state index is -0.0237. The highest BCUT2D eigenvalue weighted by atomic mass is 32.2. The van der Waals surface area contributed by atoms with Gasteiger partial charge < -0.3 is 10.1 Å². The molecule has 0 saturated heterocycles. The van der Waals surface area contributed by atoms with Crippen LogP contribution in [0.5, 0.6) is 0 Å². The van der Waals surface area contributed by atoms with E-state index in [0.717, 1.165) is 6.42 Å². The second-order valence-electron chi connectivity index (χ2n) is 4.80. The van der Waals surface area contributed by atoms with Crippen LogP contribution >= 0.6 is 11.8 Å². The molecule has 15 heavy (non-hydrogen) atoms. The highest BCUT2D eigenvalue weighted by molar-refractivity contribution is 7.98. The Hall–Kier alpha value is 0.270. The Morgan fingerprint density at radius 2 is 2.00 bits per heavy atom. The first-order valence-electron chi connectivity index (χ1n) is 5.75. The van der Waals surface area contributed by atoms with Gasteiger partial charge in [-0.05, 0) is 39.9 Å². The number of thioether (sulfide) groups is 1. The fraction of sp³-hybridized carbons (Fsp3) is 1.00. The molecular weight excluding hydrogens is 206 g/mol. The molecule has 2 atom stereocenters. The van der Waals surface area contributed by atoms with E-state index in [1.165, 1.54) is 12.2 Å². The van der Waals surface area contributed by atoms with Crippen molar-refractivity contribution in [1.29, 1.82) is 0 Å². The predicted molar refractivity (Wildman–Crippen MR) is 70.8 cm³/mol. The summed E-state index contributed by atoms with van der Waals surface area (Å²) in [5.41, 5.74) is -0.0237. The molecule has 0 aliphatic rings. The molecule has 0 spiro atoms. The SMILES string of the molecule is CCC(CSC)NC(C)CC(C)(C)OC.